The molecule has 3 rings (SSSR count). The molecule has 0 aromatic heterocycles. The molecular weight excluding hydrogens is 286 g/mol. The Morgan fingerprint density at radius 1 is 1.45 bits per heavy atom. The van der Waals surface area contributed by atoms with E-state index >= 15 is 0 Å². The van der Waals surface area contributed by atoms with Crippen LogP contribution in [0.25, 0.3) is 0 Å². The lowest BCUT2D eigenvalue weighted by atomic mass is 10.0. The number of fused-ring (bicyclic) bond motifs is 1. The zero-order valence-corrected chi connectivity index (χ0v) is 11.7. The molecule has 6 heteroatoms. The van der Waals surface area contributed by atoms with Crippen molar-refractivity contribution in [2.24, 2.45) is 0 Å². The van der Waals surface area contributed by atoms with Gasteiger partial charge >= 0.3 is 0 Å². The van der Waals surface area contributed by atoms with Crippen LogP contribution in [0.4, 0.5) is 0 Å². The average molecular weight is 301 g/mol. The van der Waals surface area contributed by atoms with Gasteiger partial charge in [-0.05, 0) is 12.1 Å². The lowest BCUT2D eigenvalue weighted by Gasteiger charge is -2.18. The van der Waals surface area contributed by atoms with Crippen LogP contribution in [0, 0.1) is 0 Å². The van der Waals surface area contributed by atoms with Gasteiger partial charge in [-0.2, -0.15) is 0 Å². The Bertz CT molecular complexity index is 666. The Morgan fingerprint density at radius 3 is 3.00 bits per heavy atom. The number of rotatable bonds is 5. The summed E-state index contributed by atoms with van der Waals surface area (Å²) in [5.41, 5.74) is 0.455. The van der Waals surface area contributed by atoms with E-state index in [1.165, 1.54) is 6.08 Å². The van der Waals surface area contributed by atoms with Gasteiger partial charge in [0.15, 0.2) is 5.78 Å². The first-order chi connectivity index (χ1) is 10.6. The van der Waals surface area contributed by atoms with Crippen molar-refractivity contribution in [2.75, 3.05) is 6.61 Å². The third-order valence-corrected chi connectivity index (χ3v) is 3.48. The SMILES string of the molecule is C=CCOc1ccccc1C(=O)NC1=CC(=O)[C@@H]2O[C@@H]2[C@H]1O. The molecule has 1 heterocycles. The van der Waals surface area contributed by atoms with Crippen LogP contribution < -0.4 is 10.1 Å². The fourth-order valence-corrected chi connectivity index (χ4v) is 2.33. The second kappa shape index (κ2) is 5.75. The van der Waals surface area contributed by atoms with Gasteiger partial charge in [0.1, 0.15) is 30.7 Å². The highest BCUT2D eigenvalue weighted by Crippen LogP contribution is 2.33. The van der Waals surface area contributed by atoms with Gasteiger partial charge in [0, 0.05) is 6.08 Å². The summed E-state index contributed by atoms with van der Waals surface area (Å²) in [6.45, 7) is 3.83. The van der Waals surface area contributed by atoms with Crippen molar-refractivity contribution >= 4 is 11.7 Å². The van der Waals surface area contributed by atoms with Crippen molar-refractivity contribution < 1.29 is 24.2 Å². The number of aliphatic hydroxyl groups is 1. The summed E-state index contributed by atoms with van der Waals surface area (Å²) in [6, 6.07) is 6.71. The number of ether oxygens (including phenoxy) is 2. The quantitative estimate of drug-likeness (QED) is 0.613. The number of para-hydroxylation sites is 1. The molecule has 0 bridgehead atoms. The van der Waals surface area contributed by atoms with E-state index in [-0.39, 0.29) is 18.1 Å². The molecule has 0 saturated carbocycles. The molecule has 1 fully saturated rings. The number of carbonyl (C=O) groups excluding carboxylic acids is 2. The number of carbonyl (C=O) groups is 2. The molecule has 1 saturated heterocycles. The van der Waals surface area contributed by atoms with Gasteiger partial charge in [-0.1, -0.05) is 24.8 Å². The topological polar surface area (TPSA) is 88.2 Å². The molecule has 1 aliphatic heterocycles. The molecule has 22 heavy (non-hydrogen) atoms. The van der Waals surface area contributed by atoms with Crippen LogP contribution in [0.5, 0.6) is 5.75 Å². The molecule has 1 aromatic carbocycles. The maximum absolute atomic E-state index is 12.3. The first kappa shape index (κ1) is 14.5. The number of ketones is 1. The van der Waals surface area contributed by atoms with E-state index in [2.05, 4.69) is 11.9 Å². The molecular formula is C16H15NO5. The number of hydrogen-bond donors (Lipinski definition) is 2. The molecule has 3 atom stereocenters. The largest absolute Gasteiger partial charge is 0.489 e. The highest BCUT2D eigenvalue weighted by molar-refractivity contribution is 6.01. The van der Waals surface area contributed by atoms with Crippen molar-refractivity contribution in [3.8, 4) is 5.75 Å². The molecule has 114 valence electrons. The Labute approximate surface area is 127 Å². The van der Waals surface area contributed by atoms with Gasteiger partial charge in [-0.25, -0.2) is 0 Å². The van der Waals surface area contributed by atoms with Crippen molar-refractivity contribution in [3.63, 3.8) is 0 Å². The molecule has 0 unspecified atom stereocenters. The number of benzene rings is 1. The van der Waals surface area contributed by atoms with E-state index in [0.717, 1.165) is 0 Å². The Balaban J connectivity index is 1.77. The standard InChI is InChI=1S/C16H15NO5/c1-2-7-21-12-6-4-3-5-9(12)16(20)17-10-8-11(18)14-15(22-14)13(10)19/h2-6,8,13-15,19H,1,7H2,(H,17,20)/t13-,14-,15+/m0/s1. The third kappa shape index (κ3) is 2.66. The van der Waals surface area contributed by atoms with Gasteiger partial charge in [0.2, 0.25) is 0 Å². The summed E-state index contributed by atoms with van der Waals surface area (Å²) in [5.74, 6) is -0.309. The Hall–Kier alpha value is -2.44. The smallest absolute Gasteiger partial charge is 0.259 e. The molecule has 0 spiro atoms. The summed E-state index contributed by atoms with van der Waals surface area (Å²) in [4.78, 5) is 24.0. The van der Waals surface area contributed by atoms with Crippen LogP contribution in [-0.4, -0.2) is 41.7 Å². The molecule has 6 nitrogen and oxygen atoms in total. The van der Waals surface area contributed by atoms with Crippen molar-refractivity contribution in [1.29, 1.82) is 0 Å². The number of nitrogens with one attached hydrogen (secondary N) is 1. The number of amides is 1. The number of epoxide rings is 1. The number of aliphatic hydroxyl groups excluding tert-OH is 1. The normalized spacial score (nSPS) is 25.8. The molecule has 2 aliphatic rings. The number of hydrogen-bond acceptors (Lipinski definition) is 5. The summed E-state index contributed by atoms with van der Waals surface area (Å²) in [6.07, 6.45) is 0.654. The lowest BCUT2D eigenvalue weighted by Crippen LogP contribution is -2.37. The van der Waals surface area contributed by atoms with Crippen molar-refractivity contribution in [1.82, 2.24) is 5.32 Å². The minimum atomic E-state index is -1.01. The maximum atomic E-state index is 12.3. The van der Waals surface area contributed by atoms with Crippen LogP contribution in [0.3, 0.4) is 0 Å². The van der Waals surface area contributed by atoms with Gasteiger partial charge in [0.05, 0.1) is 11.3 Å². The van der Waals surface area contributed by atoms with Gasteiger partial charge in [-0.3, -0.25) is 9.59 Å². The predicted octanol–water partition coefficient (Wildman–Crippen LogP) is 0.576. The fraction of sp³-hybridized carbons (Fsp3) is 0.250. The first-order valence-electron chi connectivity index (χ1n) is 6.85. The van der Waals surface area contributed by atoms with Crippen LogP contribution in [-0.2, 0) is 9.53 Å². The van der Waals surface area contributed by atoms with Crippen LogP contribution in [0.15, 0.2) is 48.7 Å². The molecule has 0 radical (unpaired) electrons. The summed E-state index contributed by atoms with van der Waals surface area (Å²) in [7, 11) is 0. The van der Waals surface area contributed by atoms with E-state index in [4.69, 9.17) is 9.47 Å². The molecule has 2 N–H and O–H groups in total. The minimum absolute atomic E-state index is 0.146. The van der Waals surface area contributed by atoms with E-state index in [9.17, 15) is 14.7 Å². The fourth-order valence-electron chi connectivity index (χ4n) is 2.33. The van der Waals surface area contributed by atoms with Crippen LogP contribution in [0.2, 0.25) is 0 Å². The average Bonchev–Trinajstić information content (AvgIpc) is 3.32. The third-order valence-electron chi connectivity index (χ3n) is 3.48. The van der Waals surface area contributed by atoms with E-state index in [0.29, 0.717) is 11.3 Å². The zero-order valence-electron chi connectivity index (χ0n) is 11.7. The lowest BCUT2D eigenvalue weighted by molar-refractivity contribution is -0.116. The molecule has 1 amide bonds. The summed E-state index contributed by atoms with van der Waals surface area (Å²) in [5, 5.41) is 12.6. The van der Waals surface area contributed by atoms with Crippen molar-refractivity contribution in [3.05, 3.63) is 54.3 Å². The molecule has 1 aromatic rings. The summed E-state index contributed by atoms with van der Waals surface area (Å²) < 4.78 is 10.5. The maximum Gasteiger partial charge on any atom is 0.259 e. The Kier molecular flexibility index (Phi) is 3.79. The predicted molar refractivity (Wildman–Crippen MR) is 77.4 cm³/mol. The zero-order chi connectivity index (χ0) is 15.7. The van der Waals surface area contributed by atoms with Crippen LogP contribution in [0.1, 0.15) is 10.4 Å². The van der Waals surface area contributed by atoms with Crippen LogP contribution >= 0.6 is 0 Å². The van der Waals surface area contributed by atoms with Gasteiger partial charge in [-0.15, -0.1) is 0 Å². The van der Waals surface area contributed by atoms with Gasteiger partial charge < -0.3 is 19.9 Å². The monoisotopic (exact) mass is 301 g/mol. The second-order valence-electron chi connectivity index (χ2n) is 5.02. The highest BCUT2D eigenvalue weighted by atomic mass is 16.6. The summed E-state index contributed by atoms with van der Waals surface area (Å²) >= 11 is 0. The first-order valence-corrected chi connectivity index (χ1v) is 6.85. The van der Waals surface area contributed by atoms with E-state index in [1.807, 2.05) is 0 Å². The molecule has 1 aliphatic carbocycles. The highest BCUT2D eigenvalue weighted by Gasteiger charge is 2.53. The van der Waals surface area contributed by atoms with Crippen molar-refractivity contribution in [2.45, 2.75) is 18.3 Å². The Morgan fingerprint density at radius 2 is 2.23 bits per heavy atom. The minimum Gasteiger partial charge on any atom is -0.489 e. The second-order valence-corrected chi connectivity index (χ2v) is 5.02. The van der Waals surface area contributed by atoms with E-state index < -0.39 is 24.2 Å². The van der Waals surface area contributed by atoms with E-state index in [1.54, 1.807) is 30.3 Å². The van der Waals surface area contributed by atoms with Gasteiger partial charge in [0.25, 0.3) is 5.91 Å².